The molecule has 0 aliphatic carbocycles. The van der Waals surface area contributed by atoms with Gasteiger partial charge in [-0.1, -0.05) is 0 Å². The Balaban J connectivity index is 1.94. The van der Waals surface area contributed by atoms with Crippen molar-refractivity contribution in [1.29, 1.82) is 0 Å². The molecule has 0 radical (unpaired) electrons. The molecule has 0 spiro atoms. The largest absolute Gasteiger partial charge is 0.486 e. The summed E-state index contributed by atoms with van der Waals surface area (Å²) in [6.45, 7) is 3.28. The molecule has 1 unspecified atom stereocenters. The van der Waals surface area contributed by atoms with Gasteiger partial charge in [0.15, 0.2) is 5.11 Å². The van der Waals surface area contributed by atoms with Crippen LogP contribution in [0.5, 0.6) is 5.75 Å². The smallest absolute Gasteiger partial charge is 0.189 e. The first-order chi connectivity index (χ1) is 10.1. The fraction of sp³-hybridized carbons (Fsp3) is 0.500. The summed E-state index contributed by atoms with van der Waals surface area (Å²) < 4.78 is 11.0. The van der Waals surface area contributed by atoms with Crippen LogP contribution in [0.25, 0.3) is 0 Å². The first-order valence-electron chi connectivity index (χ1n) is 6.78. The summed E-state index contributed by atoms with van der Waals surface area (Å²) in [6, 6.07) is 3.77. The zero-order chi connectivity index (χ0) is 15.2. The van der Waals surface area contributed by atoms with Gasteiger partial charge in [0, 0.05) is 20.5 Å². The van der Waals surface area contributed by atoms with Gasteiger partial charge in [0.05, 0.1) is 30.8 Å². The maximum Gasteiger partial charge on any atom is 0.189 e. The van der Waals surface area contributed by atoms with Crippen LogP contribution in [-0.4, -0.2) is 54.1 Å². The molecule has 1 aliphatic heterocycles. The van der Waals surface area contributed by atoms with Crippen molar-refractivity contribution < 1.29 is 9.47 Å². The molecule has 2 heterocycles. The van der Waals surface area contributed by atoms with Gasteiger partial charge in [-0.2, -0.15) is 5.10 Å². The van der Waals surface area contributed by atoms with E-state index in [2.05, 4.69) is 15.5 Å². The highest BCUT2D eigenvalue weighted by molar-refractivity contribution is 7.80. The maximum atomic E-state index is 5.77. The van der Waals surface area contributed by atoms with E-state index in [0.29, 0.717) is 11.7 Å². The standard InChI is InChI=1S/C14H20N4O2S/c1-10(16-17-14(21)18(2)3)13-5-4-11(8-15-13)20-12-6-7-19-9-12/h4-5,8,12H,6-7,9H2,1-3H3,(H,17,21)/b16-10+. The third-order valence-electron chi connectivity index (χ3n) is 3.02. The Morgan fingerprint density at radius 3 is 2.90 bits per heavy atom. The monoisotopic (exact) mass is 308 g/mol. The fourth-order valence-corrected chi connectivity index (χ4v) is 1.80. The van der Waals surface area contributed by atoms with E-state index < -0.39 is 0 Å². The molecule has 0 amide bonds. The van der Waals surface area contributed by atoms with Crippen molar-refractivity contribution in [1.82, 2.24) is 15.3 Å². The predicted molar refractivity (Wildman–Crippen MR) is 85.7 cm³/mol. The lowest BCUT2D eigenvalue weighted by atomic mass is 10.2. The summed E-state index contributed by atoms with van der Waals surface area (Å²) in [5, 5.41) is 4.76. The lowest BCUT2D eigenvalue weighted by Crippen LogP contribution is -2.31. The molecule has 1 saturated heterocycles. The molecule has 114 valence electrons. The lowest BCUT2D eigenvalue weighted by molar-refractivity contribution is 0.141. The molecular weight excluding hydrogens is 288 g/mol. The van der Waals surface area contributed by atoms with E-state index >= 15 is 0 Å². The highest BCUT2D eigenvalue weighted by Crippen LogP contribution is 2.16. The van der Waals surface area contributed by atoms with Crippen LogP contribution in [0, 0.1) is 0 Å². The number of hydrogen-bond donors (Lipinski definition) is 1. The zero-order valence-electron chi connectivity index (χ0n) is 12.5. The highest BCUT2D eigenvalue weighted by Gasteiger charge is 2.17. The highest BCUT2D eigenvalue weighted by atomic mass is 32.1. The first-order valence-corrected chi connectivity index (χ1v) is 7.19. The minimum atomic E-state index is 0.131. The summed E-state index contributed by atoms with van der Waals surface area (Å²) >= 11 is 5.10. The van der Waals surface area contributed by atoms with Gasteiger partial charge in [0.1, 0.15) is 11.9 Å². The molecule has 1 aliphatic rings. The van der Waals surface area contributed by atoms with E-state index in [0.717, 1.165) is 30.2 Å². The van der Waals surface area contributed by atoms with Gasteiger partial charge < -0.3 is 14.4 Å². The fourth-order valence-electron chi connectivity index (χ4n) is 1.75. The van der Waals surface area contributed by atoms with Crippen LogP contribution in [0.2, 0.25) is 0 Å². The number of pyridine rings is 1. The zero-order valence-corrected chi connectivity index (χ0v) is 13.3. The second kappa shape index (κ2) is 7.33. The van der Waals surface area contributed by atoms with E-state index in [9.17, 15) is 0 Å². The summed E-state index contributed by atoms with van der Waals surface area (Å²) in [5.41, 5.74) is 4.35. The molecule has 0 saturated carbocycles. The molecule has 1 fully saturated rings. The van der Waals surface area contributed by atoms with Crippen molar-refractivity contribution in [3.8, 4) is 5.75 Å². The molecule has 1 N–H and O–H groups in total. The molecule has 2 rings (SSSR count). The van der Waals surface area contributed by atoms with E-state index in [-0.39, 0.29) is 6.10 Å². The number of nitrogens with one attached hydrogen (secondary N) is 1. The van der Waals surface area contributed by atoms with Crippen molar-refractivity contribution in [2.75, 3.05) is 27.3 Å². The Bertz CT molecular complexity index is 510. The van der Waals surface area contributed by atoms with Crippen LogP contribution in [0.15, 0.2) is 23.4 Å². The van der Waals surface area contributed by atoms with Crippen molar-refractivity contribution in [2.45, 2.75) is 19.4 Å². The predicted octanol–water partition coefficient (Wildman–Crippen LogP) is 1.41. The summed E-state index contributed by atoms with van der Waals surface area (Å²) in [5.74, 6) is 0.749. The van der Waals surface area contributed by atoms with Crippen LogP contribution in [-0.2, 0) is 4.74 Å². The molecule has 1 aromatic heterocycles. The molecule has 7 heteroatoms. The normalized spacial score (nSPS) is 18.4. The van der Waals surface area contributed by atoms with E-state index in [1.54, 1.807) is 11.1 Å². The molecule has 21 heavy (non-hydrogen) atoms. The second-order valence-corrected chi connectivity index (χ2v) is 5.38. The van der Waals surface area contributed by atoms with Crippen molar-refractivity contribution in [3.05, 3.63) is 24.0 Å². The van der Waals surface area contributed by atoms with Gasteiger partial charge in [-0.3, -0.25) is 10.4 Å². The van der Waals surface area contributed by atoms with Gasteiger partial charge in [0.25, 0.3) is 0 Å². The maximum absolute atomic E-state index is 5.77. The molecular formula is C14H20N4O2S. The third-order valence-corrected chi connectivity index (χ3v) is 3.48. The van der Waals surface area contributed by atoms with Crippen LogP contribution in [0.3, 0.4) is 0 Å². The minimum absolute atomic E-state index is 0.131. The van der Waals surface area contributed by atoms with Gasteiger partial charge >= 0.3 is 0 Å². The van der Waals surface area contributed by atoms with Crippen LogP contribution >= 0.6 is 12.2 Å². The SMILES string of the molecule is C/C(=N\NC(=S)N(C)C)c1ccc(OC2CCOC2)cn1. The Morgan fingerprint density at radius 1 is 1.52 bits per heavy atom. The van der Waals surface area contributed by atoms with Crippen LogP contribution in [0.1, 0.15) is 19.0 Å². The van der Waals surface area contributed by atoms with Crippen LogP contribution < -0.4 is 10.2 Å². The number of hydrazone groups is 1. The lowest BCUT2D eigenvalue weighted by Gasteiger charge is -2.13. The first kappa shape index (κ1) is 15.7. The Morgan fingerprint density at radius 2 is 2.33 bits per heavy atom. The second-order valence-electron chi connectivity index (χ2n) is 4.99. The number of nitrogens with zero attached hydrogens (tertiary/aromatic N) is 3. The van der Waals surface area contributed by atoms with Gasteiger partial charge in [-0.25, -0.2) is 0 Å². The summed E-state index contributed by atoms with van der Waals surface area (Å²) in [6.07, 6.45) is 2.76. The van der Waals surface area contributed by atoms with Crippen molar-refractivity contribution in [2.24, 2.45) is 5.10 Å². The minimum Gasteiger partial charge on any atom is -0.486 e. The van der Waals surface area contributed by atoms with Gasteiger partial charge in [-0.05, 0) is 31.3 Å². The molecule has 1 aromatic rings. The van der Waals surface area contributed by atoms with Gasteiger partial charge in [0.2, 0.25) is 0 Å². The Hall–Kier alpha value is -1.73. The molecule has 0 aromatic carbocycles. The molecule has 6 nitrogen and oxygen atoms in total. The Kier molecular flexibility index (Phi) is 5.46. The average Bonchev–Trinajstić information content (AvgIpc) is 2.98. The number of thiocarbonyl (C=S) groups is 1. The number of ether oxygens (including phenoxy) is 2. The van der Waals surface area contributed by atoms with Crippen molar-refractivity contribution in [3.63, 3.8) is 0 Å². The molecule has 0 bridgehead atoms. The summed E-state index contributed by atoms with van der Waals surface area (Å²) in [7, 11) is 3.72. The van der Waals surface area contributed by atoms with E-state index in [1.165, 1.54) is 0 Å². The number of rotatable bonds is 4. The number of aromatic nitrogens is 1. The third kappa shape index (κ3) is 4.64. The van der Waals surface area contributed by atoms with E-state index in [1.807, 2.05) is 33.2 Å². The van der Waals surface area contributed by atoms with E-state index in [4.69, 9.17) is 21.7 Å². The quantitative estimate of drug-likeness (QED) is 0.515. The van der Waals surface area contributed by atoms with Crippen molar-refractivity contribution >= 4 is 23.0 Å². The number of hydrogen-bond acceptors (Lipinski definition) is 5. The molecule has 1 atom stereocenters. The van der Waals surface area contributed by atoms with Crippen LogP contribution in [0.4, 0.5) is 0 Å². The van der Waals surface area contributed by atoms with Gasteiger partial charge in [-0.15, -0.1) is 0 Å². The summed E-state index contributed by atoms with van der Waals surface area (Å²) in [4.78, 5) is 6.13. The topological polar surface area (TPSA) is 59.0 Å². The Labute approximate surface area is 130 Å². The average molecular weight is 308 g/mol.